The zero-order chi connectivity index (χ0) is 20.6. The molecule has 0 aliphatic heterocycles. The molecule has 0 heterocycles. The van der Waals surface area contributed by atoms with E-state index in [1.165, 1.54) is 12.1 Å². The molecule has 0 aliphatic carbocycles. The number of amides is 1. The molecule has 6 heteroatoms. The van der Waals surface area contributed by atoms with Crippen molar-refractivity contribution in [3.63, 3.8) is 0 Å². The van der Waals surface area contributed by atoms with Crippen LogP contribution in [0.2, 0.25) is 0 Å². The fourth-order valence-electron chi connectivity index (χ4n) is 2.79. The average molecular weight is 411 g/mol. The van der Waals surface area contributed by atoms with E-state index >= 15 is 0 Å². The summed E-state index contributed by atoms with van der Waals surface area (Å²) in [6, 6.07) is 21.9. The Morgan fingerprint density at radius 1 is 1.03 bits per heavy atom. The summed E-state index contributed by atoms with van der Waals surface area (Å²) in [5.74, 6) is -0.319. The van der Waals surface area contributed by atoms with Gasteiger partial charge in [-0.25, -0.2) is 9.18 Å². The van der Waals surface area contributed by atoms with Crippen LogP contribution in [0.1, 0.15) is 22.7 Å². The van der Waals surface area contributed by atoms with E-state index in [1.54, 1.807) is 24.3 Å². The van der Waals surface area contributed by atoms with Crippen molar-refractivity contribution in [2.24, 2.45) is 0 Å². The topological polar surface area (TPSA) is 55.4 Å². The predicted molar refractivity (Wildman–Crippen MR) is 111 cm³/mol. The minimum absolute atomic E-state index is 0.104. The summed E-state index contributed by atoms with van der Waals surface area (Å²) in [6.45, 7) is 2.07. The summed E-state index contributed by atoms with van der Waals surface area (Å²) in [6.07, 6.45) is -0.649. The first-order chi connectivity index (χ1) is 14.0. The predicted octanol–water partition coefficient (Wildman–Crippen LogP) is 4.91. The minimum atomic E-state index is -1.38. The van der Waals surface area contributed by atoms with Crippen LogP contribution >= 0.6 is 0 Å². The first kappa shape index (κ1) is 20.7. The van der Waals surface area contributed by atoms with Gasteiger partial charge in [-0.3, -0.25) is 4.21 Å². The molecular weight excluding hydrogens is 389 g/mol. The molecular formula is C23H22FNO3S. The molecule has 0 aliphatic rings. The summed E-state index contributed by atoms with van der Waals surface area (Å²) < 4.78 is 31.8. The molecule has 0 spiro atoms. The van der Waals surface area contributed by atoms with Crippen LogP contribution in [-0.4, -0.2) is 16.1 Å². The number of alkyl carbamates (subject to hydrolysis) is 1. The fourth-order valence-corrected chi connectivity index (χ4v) is 4.00. The third-order valence-corrected chi connectivity index (χ3v) is 5.79. The molecule has 1 N–H and O–H groups in total. The lowest BCUT2D eigenvalue weighted by molar-refractivity contribution is 0.136. The van der Waals surface area contributed by atoms with E-state index < -0.39 is 28.8 Å². The van der Waals surface area contributed by atoms with Gasteiger partial charge in [0.2, 0.25) is 0 Å². The van der Waals surface area contributed by atoms with Gasteiger partial charge in [-0.1, -0.05) is 60.2 Å². The zero-order valence-corrected chi connectivity index (χ0v) is 16.8. The number of hydrogen-bond acceptors (Lipinski definition) is 3. The lowest BCUT2D eigenvalue weighted by Gasteiger charge is -2.19. The van der Waals surface area contributed by atoms with Crippen molar-refractivity contribution in [3.05, 3.63) is 101 Å². The van der Waals surface area contributed by atoms with Gasteiger partial charge in [0.25, 0.3) is 0 Å². The number of hydrogen-bond donors (Lipinski definition) is 1. The lowest BCUT2D eigenvalue weighted by Crippen LogP contribution is -2.32. The molecule has 150 valence electrons. The number of carbonyl (C=O) groups excluding carboxylic acids is 1. The first-order valence-electron chi connectivity index (χ1n) is 9.19. The largest absolute Gasteiger partial charge is 0.445 e. The number of aryl methyl sites for hydroxylation is 1. The molecule has 3 aromatic carbocycles. The maximum atomic E-state index is 13.7. The van der Waals surface area contributed by atoms with E-state index in [1.807, 2.05) is 49.4 Å². The molecule has 4 nitrogen and oxygen atoms in total. The van der Waals surface area contributed by atoms with E-state index in [2.05, 4.69) is 5.32 Å². The Hall–Kier alpha value is -2.99. The van der Waals surface area contributed by atoms with Crippen LogP contribution in [-0.2, 0) is 22.1 Å². The van der Waals surface area contributed by atoms with Crippen molar-refractivity contribution in [3.8, 4) is 0 Å². The average Bonchev–Trinajstić information content (AvgIpc) is 2.73. The summed E-state index contributed by atoms with van der Waals surface area (Å²) in [5.41, 5.74) is 2.45. The van der Waals surface area contributed by atoms with Crippen molar-refractivity contribution < 1.29 is 18.1 Å². The Morgan fingerprint density at radius 3 is 2.45 bits per heavy atom. The highest BCUT2D eigenvalue weighted by atomic mass is 32.2. The summed E-state index contributed by atoms with van der Waals surface area (Å²) in [5, 5.41) is 2.72. The molecule has 0 bridgehead atoms. The van der Waals surface area contributed by atoms with E-state index in [-0.39, 0.29) is 12.4 Å². The van der Waals surface area contributed by atoms with Crippen LogP contribution in [0.5, 0.6) is 0 Å². The standard InChI is InChI=1S/C23H22FNO3S/c1-17-10-12-21(13-11-17)29(27)16-22(19-8-5-9-20(24)14-19)25-23(26)28-15-18-6-3-2-4-7-18/h2-14,22H,15-16H2,1H3,(H,25,26)/t22-,29?/m0/s1. The Kier molecular flexibility index (Phi) is 7.14. The van der Waals surface area contributed by atoms with Crippen LogP contribution in [0.4, 0.5) is 9.18 Å². The van der Waals surface area contributed by atoms with E-state index in [0.29, 0.717) is 10.5 Å². The molecule has 0 fully saturated rings. The minimum Gasteiger partial charge on any atom is -0.445 e. The molecule has 29 heavy (non-hydrogen) atoms. The van der Waals surface area contributed by atoms with Gasteiger partial charge >= 0.3 is 6.09 Å². The van der Waals surface area contributed by atoms with E-state index in [0.717, 1.165) is 11.1 Å². The number of carbonyl (C=O) groups is 1. The van der Waals surface area contributed by atoms with Gasteiger partial charge in [-0.05, 0) is 42.3 Å². The Morgan fingerprint density at radius 2 is 1.76 bits per heavy atom. The number of nitrogens with one attached hydrogen (secondary N) is 1. The van der Waals surface area contributed by atoms with Gasteiger partial charge in [0.1, 0.15) is 12.4 Å². The van der Waals surface area contributed by atoms with Crippen molar-refractivity contribution >= 4 is 16.9 Å². The third-order valence-electron chi connectivity index (χ3n) is 4.36. The second-order valence-electron chi connectivity index (χ2n) is 6.64. The molecule has 3 rings (SSSR count). The number of halogens is 1. The summed E-state index contributed by atoms with van der Waals surface area (Å²) >= 11 is 0. The van der Waals surface area contributed by atoms with Gasteiger partial charge in [-0.2, -0.15) is 0 Å². The van der Waals surface area contributed by atoms with E-state index in [9.17, 15) is 13.4 Å². The van der Waals surface area contributed by atoms with Gasteiger partial charge < -0.3 is 10.1 Å². The molecule has 0 radical (unpaired) electrons. The van der Waals surface area contributed by atoms with Gasteiger partial charge in [0.05, 0.1) is 22.6 Å². The maximum absolute atomic E-state index is 13.7. The smallest absolute Gasteiger partial charge is 0.407 e. The second kappa shape index (κ2) is 9.98. The zero-order valence-electron chi connectivity index (χ0n) is 16.0. The highest BCUT2D eigenvalue weighted by Gasteiger charge is 2.20. The van der Waals surface area contributed by atoms with Crippen LogP contribution in [0, 0.1) is 12.7 Å². The van der Waals surface area contributed by atoms with Crippen molar-refractivity contribution in [2.45, 2.75) is 24.5 Å². The van der Waals surface area contributed by atoms with E-state index in [4.69, 9.17) is 4.74 Å². The van der Waals surface area contributed by atoms with Gasteiger partial charge in [0.15, 0.2) is 0 Å². The van der Waals surface area contributed by atoms with Gasteiger partial charge in [0, 0.05) is 4.90 Å². The van der Waals surface area contributed by atoms with Crippen LogP contribution in [0.25, 0.3) is 0 Å². The Bertz CT molecular complexity index is 977. The molecule has 0 saturated carbocycles. The third kappa shape index (κ3) is 6.26. The van der Waals surface area contributed by atoms with Crippen molar-refractivity contribution in [1.82, 2.24) is 5.32 Å². The van der Waals surface area contributed by atoms with Crippen molar-refractivity contribution in [1.29, 1.82) is 0 Å². The Balaban J connectivity index is 1.71. The first-order valence-corrected chi connectivity index (χ1v) is 10.5. The second-order valence-corrected chi connectivity index (χ2v) is 8.13. The normalized spacial score (nSPS) is 12.8. The highest BCUT2D eigenvalue weighted by molar-refractivity contribution is 7.85. The number of benzene rings is 3. The molecule has 1 unspecified atom stereocenters. The van der Waals surface area contributed by atoms with Crippen LogP contribution in [0.3, 0.4) is 0 Å². The monoisotopic (exact) mass is 411 g/mol. The molecule has 0 saturated heterocycles. The molecule has 0 aromatic heterocycles. The lowest BCUT2D eigenvalue weighted by atomic mass is 10.1. The summed E-state index contributed by atoms with van der Waals surface area (Å²) in [7, 11) is -1.38. The summed E-state index contributed by atoms with van der Waals surface area (Å²) in [4.78, 5) is 13.0. The molecule has 1 amide bonds. The number of ether oxygens (including phenoxy) is 1. The SMILES string of the molecule is Cc1ccc(S(=O)C[C@H](NC(=O)OCc2ccccc2)c2cccc(F)c2)cc1. The fraction of sp³-hybridized carbons (Fsp3) is 0.174. The quantitative estimate of drug-likeness (QED) is 0.601. The van der Waals surface area contributed by atoms with Crippen LogP contribution < -0.4 is 5.32 Å². The van der Waals surface area contributed by atoms with Gasteiger partial charge in [-0.15, -0.1) is 0 Å². The molecule has 3 aromatic rings. The highest BCUT2D eigenvalue weighted by Crippen LogP contribution is 2.19. The maximum Gasteiger partial charge on any atom is 0.407 e. The molecule has 2 atom stereocenters. The Labute approximate surface area is 172 Å². The van der Waals surface area contributed by atoms with Crippen molar-refractivity contribution in [2.75, 3.05) is 5.75 Å². The van der Waals surface area contributed by atoms with Crippen LogP contribution in [0.15, 0.2) is 83.8 Å². The number of rotatable bonds is 7.